The van der Waals surface area contributed by atoms with Crippen LogP contribution in [-0.4, -0.2) is 28.3 Å². The van der Waals surface area contributed by atoms with Crippen molar-refractivity contribution in [1.29, 1.82) is 0 Å². The van der Waals surface area contributed by atoms with Crippen molar-refractivity contribution in [2.45, 2.75) is 0 Å². The molecule has 0 spiro atoms. The van der Waals surface area contributed by atoms with Gasteiger partial charge < -0.3 is 15.3 Å². The number of fused-ring (bicyclic) bond motifs is 1. The van der Waals surface area contributed by atoms with Gasteiger partial charge in [-0.1, -0.05) is 11.2 Å². The Bertz CT molecular complexity index is 835. The van der Waals surface area contributed by atoms with E-state index in [1.807, 2.05) is 30.3 Å². The molecule has 3 rings (SSSR count). The Morgan fingerprint density at radius 2 is 2.09 bits per heavy atom. The Morgan fingerprint density at radius 3 is 2.95 bits per heavy atom. The maximum atomic E-state index is 5.82. The van der Waals surface area contributed by atoms with Crippen molar-refractivity contribution in [2.75, 3.05) is 12.8 Å². The van der Waals surface area contributed by atoms with Gasteiger partial charge in [0, 0.05) is 17.6 Å². The van der Waals surface area contributed by atoms with Gasteiger partial charge in [-0.2, -0.15) is 0 Å². The third-order valence-electron chi connectivity index (χ3n) is 2.96. The van der Waals surface area contributed by atoms with E-state index in [9.17, 15) is 0 Å². The second kappa shape index (κ2) is 6.04. The highest BCUT2D eigenvalue weighted by Gasteiger charge is 2.10. The normalized spacial score (nSPS) is 11.0. The van der Waals surface area contributed by atoms with Crippen LogP contribution in [0.5, 0.6) is 11.6 Å². The minimum Gasteiger partial charge on any atom is -0.438 e. The smallest absolute Gasteiger partial charge is 0.233 e. The van der Waals surface area contributed by atoms with Gasteiger partial charge in [0.05, 0.1) is 11.7 Å². The summed E-state index contributed by atoms with van der Waals surface area (Å²) < 4.78 is 5.78. The molecule has 0 bridgehead atoms. The fourth-order valence-corrected chi connectivity index (χ4v) is 1.92. The number of benzene rings is 1. The molecule has 0 atom stereocenters. The Kier molecular flexibility index (Phi) is 3.78. The predicted molar refractivity (Wildman–Crippen MR) is 82.9 cm³/mol. The quantitative estimate of drug-likeness (QED) is 0.586. The van der Waals surface area contributed by atoms with Crippen molar-refractivity contribution in [1.82, 2.24) is 15.0 Å². The fraction of sp³-hybridized carbons (Fsp3) is 0.0667. The lowest BCUT2D eigenvalue weighted by Gasteiger charge is -2.08. The summed E-state index contributed by atoms with van der Waals surface area (Å²) >= 11 is 0. The lowest BCUT2D eigenvalue weighted by atomic mass is 10.2. The number of nitrogens with zero attached hydrogens (tertiary/aromatic N) is 4. The second-order valence-corrected chi connectivity index (χ2v) is 4.35. The first-order valence-corrected chi connectivity index (χ1v) is 6.47. The standard InChI is InChI=1S/C15H13N5O2/c1-21-20-8-12-14(16)18-9-19-15(12)22-11-5-4-10-3-2-6-17-13(10)7-11/h2-9H,1H3,(H2,16,18,19)/b20-8+. The van der Waals surface area contributed by atoms with E-state index in [0.717, 1.165) is 10.9 Å². The van der Waals surface area contributed by atoms with E-state index >= 15 is 0 Å². The number of anilines is 1. The van der Waals surface area contributed by atoms with Gasteiger partial charge in [0.25, 0.3) is 0 Å². The molecule has 22 heavy (non-hydrogen) atoms. The highest BCUT2D eigenvalue weighted by molar-refractivity contribution is 5.88. The number of hydrogen-bond acceptors (Lipinski definition) is 7. The summed E-state index contributed by atoms with van der Waals surface area (Å²) in [5, 5.41) is 4.70. The van der Waals surface area contributed by atoms with Crippen molar-refractivity contribution < 1.29 is 9.57 Å². The summed E-state index contributed by atoms with van der Waals surface area (Å²) in [6, 6.07) is 9.44. The molecule has 7 nitrogen and oxygen atoms in total. The molecule has 2 heterocycles. The van der Waals surface area contributed by atoms with E-state index in [4.69, 9.17) is 10.5 Å². The van der Waals surface area contributed by atoms with E-state index in [2.05, 4.69) is 24.9 Å². The molecule has 0 fully saturated rings. The minimum absolute atomic E-state index is 0.254. The molecule has 0 amide bonds. The van der Waals surface area contributed by atoms with Crippen LogP contribution in [0.4, 0.5) is 5.82 Å². The summed E-state index contributed by atoms with van der Waals surface area (Å²) in [6.45, 7) is 0. The molecule has 0 aliphatic rings. The van der Waals surface area contributed by atoms with Crippen LogP contribution < -0.4 is 10.5 Å². The second-order valence-electron chi connectivity index (χ2n) is 4.35. The number of ether oxygens (including phenoxy) is 1. The van der Waals surface area contributed by atoms with E-state index in [0.29, 0.717) is 17.2 Å². The first-order valence-electron chi connectivity index (χ1n) is 6.47. The molecule has 2 N–H and O–H groups in total. The predicted octanol–water partition coefficient (Wildman–Crippen LogP) is 2.38. The van der Waals surface area contributed by atoms with E-state index in [1.165, 1.54) is 19.7 Å². The van der Waals surface area contributed by atoms with E-state index < -0.39 is 0 Å². The Morgan fingerprint density at radius 1 is 1.18 bits per heavy atom. The average Bonchev–Trinajstić information content (AvgIpc) is 2.54. The first kappa shape index (κ1) is 13.7. The average molecular weight is 295 g/mol. The van der Waals surface area contributed by atoms with Gasteiger partial charge in [0.15, 0.2) is 0 Å². The third-order valence-corrected chi connectivity index (χ3v) is 2.96. The zero-order valence-corrected chi connectivity index (χ0v) is 11.8. The molecule has 0 radical (unpaired) electrons. The summed E-state index contributed by atoms with van der Waals surface area (Å²) in [7, 11) is 1.44. The van der Waals surface area contributed by atoms with E-state index in [1.54, 1.807) is 6.20 Å². The van der Waals surface area contributed by atoms with Gasteiger partial charge in [0.2, 0.25) is 5.88 Å². The number of hydrogen-bond donors (Lipinski definition) is 1. The van der Waals surface area contributed by atoms with Gasteiger partial charge in [-0.15, -0.1) is 0 Å². The maximum absolute atomic E-state index is 5.82. The zero-order chi connectivity index (χ0) is 15.4. The Balaban J connectivity index is 1.97. The van der Waals surface area contributed by atoms with Gasteiger partial charge in [0.1, 0.15) is 30.6 Å². The molecule has 110 valence electrons. The SMILES string of the molecule is CO/N=C/c1c(N)ncnc1Oc1ccc2cccnc2c1. The van der Waals surface area contributed by atoms with Crippen molar-refractivity contribution in [3.8, 4) is 11.6 Å². The molecule has 0 saturated carbocycles. The Hall–Kier alpha value is -3.22. The number of aromatic nitrogens is 3. The van der Waals surface area contributed by atoms with Gasteiger partial charge in [-0.25, -0.2) is 9.97 Å². The van der Waals surface area contributed by atoms with Crippen LogP contribution in [-0.2, 0) is 4.84 Å². The molecule has 0 unspecified atom stereocenters. The number of oxime groups is 1. The molecule has 0 aliphatic carbocycles. The topological polar surface area (TPSA) is 95.5 Å². The monoisotopic (exact) mass is 295 g/mol. The summed E-state index contributed by atoms with van der Waals surface area (Å²) in [5.41, 5.74) is 7.09. The highest BCUT2D eigenvalue weighted by Crippen LogP contribution is 2.26. The lowest BCUT2D eigenvalue weighted by Crippen LogP contribution is -2.02. The molecule has 7 heteroatoms. The van der Waals surface area contributed by atoms with E-state index in [-0.39, 0.29) is 5.82 Å². The largest absolute Gasteiger partial charge is 0.438 e. The van der Waals surface area contributed by atoms with Crippen LogP contribution in [0.3, 0.4) is 0 Å². The first-order chi connectivity index (χ1) is 10.8. The number of nitrogen functional groups attached to an aromatic ring is 1. The lowest BCUT2D eigenvalue weighted by molar-refractivity contribution is 0.215. The van der Waals surface area contributed by atoms with Crippen LogP contribution in [0.25, 0.3) is 10.9 Å². The van der Waals surface area contributed by atoms with Gasteiger partial charge in [-0.05, 0) is 18.2 Å². The van der Waals surface area contributed by atoms with Crippen molar-refractivity contribution in [3.05, 3.63) is 48.4 Å². The molecular formula is C15H13N5O2. The summed E-state index contributed by atoms with van der Waals surface area (Å²) in [6.07, 6.45) is 4.46. The zero-order valence-electron chi connectivity index (χ0n) is 11.8. The third kappa shape index (κ3) is 2.78. The van der Waals surface area contributed by atoms with Crippen molar-refractivity contribution in [3.63, 3.8) is 0 Å². The van der Waals surface area contributed by atoms with Crippen molar-refractivity contribution in [2.24, 2.45) is 5.16 Å². The Labute approximate surface area is 126 Å². The van der Waals surface area contributed by atoms with Crippen LogP contribution in [0.15, 0.2) is 48.0 Å². The fourth-order valence-electron chi connectivity index (χ4n) is 1.92. The van der Waals surface area contributed by atoms with Crippen LogP contribution in [0.1, 0.15) is 5.56 Å². The number of pyridine rings is 1. The molecular weight excluding hydrogens is 282 g/mol. The number of rotatable bonds is 4. The van der Waals surface area contributed by atoms with Crippen LogP contribution >= 0.6 is 0 Å². The molecule has 3 aromatic rings. The van der Waals surface area contributed by atoms with Gasteiger partial charge in [-0.3, -0.25) is 4.98 Å². The maximum Gasteiger partial charge on any atom is 0.233 e. The molecule has 2 aromatic heterocycles. The number of nitrogens with two attached hydrogens (primary N) is 1. The molecule has 0 aliphatic heterocycles. The summed E-state index contributed by atoms with van der Waals surface area (Å²) in [5.74, 6) is 1.14. The van der Waals surface area contributed by atoms with Crippen molar-refractivity contribution >= 4 is 22.9 Å². The van der Waals surface area contributed by atoms with Gasteiger partial charge >= 0.3 is 0 Å². The highest BCUT2D eigenvalue weighted by atomic mass is 16.6. The summed E-state index contributed by atoms with van der Waals surface area (Å²) in [4.78, 5) is 16.9. The minimum atomic E-state index is 0.254. The van der Waals surface area contributed by atoms with Crippen LogP contribution in [0.2, 0.25) is 0 Å². The molecule has 0 saturated heterocycles. The molecule has 1 aromatic carbocycles. The van der Waals surface area contributed by atoms with Crippen LogP contribution in [0, 0.1) is 0 Å².